The van der Waals surface area contributed by atoms with E-state index in [1.54, 1.807) is 19.0 Å². The number of amides is 1. The zero-order valence-electron chi connectivity index (χ0n) is 11.3. The van der Waals surface area contributed by atoms with Gasteiger partial charge in [-0.2, -0.15) is 13.2 Å². The summed E-state index contributed by atoms with van der Waals surface area (Å²) in [5.74, 6) is 0.0445. The smallest absolute Gasteiger partial charge is 0.349 e. The first-order chi connectivity index (χ1) is 9.29. The fourth-order valence-electron chi connectivity index (χ4n) is 2.23. The number of anilines is 1. The van der Waals surface area contributed by atoms with E-state index in [0.29, 0.717) is 42.4 Å². The van der Waals surface area contributed by atoms with Crippen molar-refractivity contribution in [2.45, 2.75) is 19.0 Å². The zero-order valence-corrected chi connectivity index (χ0v) is 12.1. The summed E-state index contributed by atoms with van der Waals surface area (Å²) in [5.41, 5.74) is 0. The van der Waals surface area contributed by atoms with Crippen molar-refractivity contribution in [3.05, 3.63) is 11.1 Å². The van der Waals surface area contributed by atoms with Crippen LogP contribution in [0.4, 0.5) is 18.3 Å². The molecule has 0 N–H and O–H groups in total. The van der Waals surface area contributed by atoms with E-state index >= 15 is 0 Å². The largest absolute Gasteiger partial charge is 0.427 e. The molecular formula is C12H16F3N3OS. The molecule has 8 heteroatoms. The fourth-order valence-corrected chi connectivity index (χ4v) is 3.06. The topological polar surface area (TPSA) is 36.4 Å². The van der Waals surface area contributed by atoms with E-state index in [9.17, 15) is 18.0 Å². The van der Waals surface area contributed by atoms with Gasteiger partial charge in [0.15, 0.2) is 5.13 Å². The molecule has 1 fully saturated rings. The summed E-state index contributed by atoms with van der Waals surface area (Å²) in [4.78, 5) is 18.4. The highest BCUT2D eigenvalue weighted by Crippen LogP contribution is 2.37. The Morgan fingerprint density at radius 3 is 2.45 bits per heavy atom. The Hall–Kier alpha value is -1.31. The summed E-state index contributed by atoms with van der Waals surface area (Å²) >= 11 is 0.657. The minimum absolute atomic E-state index is 0.0386. The van der Waals surface area contributed by atoms with Crippen LogP contribution in [0.15, 0.2) is 6.20 Å². The summed E-state index contributed by atoms with van der Waals surface area (Å²) in [6.45, 7) is 1.13. The molecule has 4 nitrogen and oxygen atoms in total. The molecule has 20 heavy (non-hydrogen) atoms. The van der Waals surface area contributed by atoms with Crippen LogP contribution in [-0.2, 0) is 11.0 Å². The van der Waals surface area contributed by atoms with Gasteiger partial charge in [0.1, 0.15) is 4.88 Å². The van der Waals surface area contributed by atoms with E-state index in [2.05, 4.69) is 4.98 Å². The van der Waals surface area contributed by atoms with Crippen LogP contribution >= 0.6 is 11.3 Å². The predicted octanol–water partition coefficient (Wildman–Crippen LogP) is 2.47. The Kier molecular flexibility index (Phi) is 4.22. The maximum Gasteiger partial charge on any atom is 0.427 e. The third-order valence-corrected chi connectivity index (χ3v) is 4.43. The van der Waals surface area contributed by atoms with E-state index in [1.165, 1.54) is 0 Å². The second kappa shape index (κ2) is 5.59. The molecule has 1 aromatic rings. The summed E-state index contributed by atoms with van der Waals surface area (Å²) in [6, 6.07) is 0. The maximum absolute atomic E-state index is 12.5. The third kappa shape index (κ3) is 3.23. The van der Waals surface area contributed by atoms with Gasteiger partial charge in [0.25, 0.3) is 0 Å². The van der Waals surface area contributed by atoms with Crippen LogP contribution in [0, 0.1) is 5.92 Å². The van der Waals surface area contributed by atoms with Gasteiger partial charge in [-0.05, 0) is 12.8 Å². The highest BCUT2D eigenvalue weighted by molar-refractivity contribution is 7.15. The molecule has 0 bridgehead atoms. The standard InChI is InChI=1S/C12H16F3N3OS/c1-17(2)10(19)8-3-5-18(6-4-8)11-16-7-9(20-11)12(13,14)15/h7-8H,3-6H2,1-2H3. The first-order valence-corrected chi connectivity index (χ1v) is 7.10. The number of rotatable bonds is 2. The number of hydrogen-bond donors (Lipinski definition) is 0. The van der Waals surface area contributed by atoms with Crippen molar-refractivity contribution in [3.63, 3.8) is 0 Å². The van der Waals surface area contributed by atoms with Crippen molar-refractivity contribution in [1.29, 1.82) is 0 Å². The van der Waals surface area contributed by atoms with E-state index in [1.807, 2.05) is 4.90 Å². The van der Waals surface area contributed by atoms with Crippen LogP contribution in [0.1, 0.15) is 17.7 Å². The van der Waals surface area contributed by atoms with Crippen LogP contribution in [0.5, 0.6) is 0 Å². The number of piperidine rings is 1. The molecule has 0 aromatic carbocycles. The lowest BCUT2D eigenvalue weighted by Crippen LogP contribution is -2.40. The van der Waals surface area contributed by atoms with E-state index in [-0.39, 0.29) is 11.8 Å². The van der Waals surface area contributed by atoms with Crippen molar-refractivity contribution in [1.82, 2.24) is 9.88 Å². The highest BCUT2D eigenvalue weighted by Gasteiger charge is 2.34. The van der Waals surface area contributed by atoms with Crippen LogP contribution in [0.2, 0.25) is 0 Å². The van der Waals surface area contributed by atoms with Gasteiger partial charge in [-0.1, -0.05) is 11.3 Å². The molecule has 1 amide bonds. The quantitative estimate of drug-likeness (QED) is 0.842. The van der Waals surface area contributed by atoms with Gasteiger partial charge >= 0.3 is 6.18 Å². The molecule has 1 saturated heterocycles. The molecule has 112 valence electrons. The molecule has 0 spiro atoms. The Morgan fingerprint density at radius 2 is 2.00 bits per heavy atom. The fraction of sp³-hybridized carbons (Fsp3) is 0.667. The number of hydrogen-bond acceptors (Lipinski definition) is 4. The minimum Gasteiger partial charge on any atom is -0.349 e. The van der Waals surface area contributed by atoms with E-state index < -0.39 is 11.1 Å². The number of thiazole rings is 1. The average Bonchev–Trinajstić information content (AvgIpc) is 2.87. The van der Waals surface area contributed by atoms with Crippen molar-refractivity contribution < 1.29 is 18.0 Å². The Balaban J connectivity index is 1.97. The van der Waals surface area contributed by atoms with Crippen molar-refractivity contribution in [2.24, 2.45) is 5.92 Å². The number of alkyl halides is 3. The second-order valence-electron chi connectivity index (χ2n) is 5.00. The third-order valence-electron chi connectivity index (χ3n) is 3.33. The molecule has 0 unspecified atom stereocenters. The zero-order chi connectivity index (χ0) is 14.9. The highest BCUT2D eigenvalue weighted by atomic mass is 32.1. The number of nitrogens with zero attached hydrogens (tertiary/aromatic N) is 3. The predicted molar refractivity (Wildman–Crippen MR) is 70.7 cm³/mol. The Bertz CT molecular complexity index is 479. The number of halogens is 3. The number of aromatic nitrogens is 1. The van der Waals surface area contributed by atoms with Crippen molar-refractivity contribution in [3.8, 4) is 0 Å². The summed E-state index contributed by atoms with van der Waals surface area (Å²) in [6.07, 6.45) is -2.16. The van der Waals surface area contributed by atoms with Crippen LogP contribution in [-0.4, -0.2) is 43.0 Å². The molecule has 0 atom stereocenters. The maximum atomic E-state index is 12.5. The molecular weight excluding hydrogens is 291 g/mol. The number of carbonyl (C=O) groups excluding carboxylic acids is 1. The van der Waals surface area contributed by atoms with Crippen LogP contribution < -0.4 is 4.90 Å². The van der Waals surface area contributed by atoms with Gasteiger partial charge in [0.2, 0.25) is 5.91 Å². The molecule has 1 aliphatic heterocycles. The van der Waals surface area contributed by atoms with Gasteiger partial charge in [-0.25, -0.2) is 4.98 Å². The Labute approximate surface area is 119 Å². The summed E-state index contributed by atoms with van der Waals surface area (Å²) in [7, 11) is 3.43. The monoisotopic (exact) mass is 307 g/mol. The number of carbonyl (C=O) groups is 1. The van der Waals surface area contributed by atoms with Gasteiger partial charge < -0.3 is 9.80 Å². The molecule has 0 aliphatic carbocycles. The van der Waals surface area contributed by atoms with E-state index in [0.717, 1.165) is 6.20 Å². The van der Waals surface area contributed by atoms with Crippen LogP contribution in [0.25, 0.3) is 0 Å². The summed E-state index contributed by atoms with van der Waals surface area (Å²) < 4.78 is 37.6. The first-order valence-electron chi connectivity index (χ1n) is 6.28. The first kappa shape index (κ1) is 15.1. The molecule has 1 aliphatic rings. The van der Waals surface area contributed by atoms with Gasteiger partial charge in [-0.3, -0.25) is 4.79 Å². The van der Waals surface area contributed by atoms with Crippen LogP contribution in [0.3, 0.4) is 0 Å². The summed E-state index contributed by atoms with van der Waals surface area (Å²) in [5, 5.41) is 0.382. The second-order valence-corrected chi connectivity index (χ2v) is 6.01. The van der Waals surface area contributed by atoms with Gasteiger partial charge in [0, 0.05) is 33.1 Å². The minimum atomic E-state index is -4.34. The molecule has 0 saturated carbocycles. The molecule has 2 rings (SSSR count). The lowest BCUT2D eigenvalue weighted by atomic mass is 9.96. The van der Waals surface area contributed by atoms with Crippen molar-refractivity contribution in [2.75, 3.05) is 32.1 Å². The lowest BCUT2D eigenvalue weighted by molar-refractivity contribution is -0.134. The van der Waals surface area contributed by atoms with Gasteiger partial charge in [0.05, 0.1) is 6.20 Å². The molecule has 0 radical (unpaired) electrons. The Morgan fingerprint density at radius 1 is 1.40 bits per heavy atom. The van der Waals surface area contributed by atoms with Gasteiger partial charge in [-0.15, -0.1) is 0 Å². The van der Waals surface area contributed by atoms with Crippen molar-refractivity contribution >= 4 is 22.4 Å². The average molecular weight is 307 g/mol. The van der Waals surface area contributed by atoms with E-state index in [4.69, 9.17) is 0 Å². The SMILES string of the molecule is CN(C)C(=O)C1CCN(c2ncc(C(F)(F)F)s2)CC1. The molecule has 2 heterocycles. The normalized spacial score (nSPS) is 17.4. The lowest BCUT2D eigenvalue weighted by Gasteiger charge is -2.32. The molecule has 1 aromatic heterocycles.